The van der Waals surface area contributed by atoms with Crippen molar-refractivity contribution in [3.63, 3.8) is 0 Å². The molecular weight excluding hydrogens is 207 g/mol. The molecule has 0 radical (unpaired) electrons. The van der Waals surface area contributed by atoms with E-state index in [2.05, 4.69) is 0 Å². The van der Waals surface area contributed by atoms with Gasteiger partial charge in [0.2, 0.25) is 0 Å². The molecule has 3 heteroatoms. The van der Waals surface area contributed by atoms with E-state index in [1.165, 1.54) is 6.07 Å². The molecule has 1 aliphatic rings. The molecule has 2 nitrogen and oxygen atoms in total. The molecule has 1 aromatic rings. The minimum atomic E-state index is -0.990. The summed E-state index contributed by atoms with van der Waals surface area (Å²) < 4.78 is 13.8. The number of aryl methyl sites for hydroxylation is 1. The summed E-state index contributed by atoms with van der Waals surface area (Å²) in [6, 6.07) is 4.71. The van der Waals surface area contributed by atoms with E-state index in [9.17, 15) is 14.3 Å². The van der Waals surface area contributed by atoms with Crippen LogP contribution in [0.15, 0.2) is 18.2 Å². The molecule has 1 N–H and O–H groups in total. The Balaban J connectivity index is 2.55. The molecular formula is C13H15FO2. The Morgan fingerprint density at radius 2 is 2.00 bits per heavy atom. The quantitative estimate of drug-likeness (QED) is 0.835. The van der Waals surface area contributed by atoms with Gasteiger partial charge in [-0.15, -0.1) is 0 Å². The number of hydrogen-bond acceptors (Lipinski definition) is 1. The molecule has 0 heterocycles. The zero-order valence-corrected chi connectivity index (χ0v) is 9.29. The third kappa shape index (κ3) is 1.60. The van der Waals surface area contributed by atoms with Gasteiger partial charge in [-0.1, -0.05) is 30.5 Å². The van der Waals surface area contributed by atoms with Crippen molar-refractivity contribution in [1.82, 2.24) is 0 Å². The van der Waals surface area contributed by atoms with Crippen LogP contribution in [-0.4, -0.2) is 11.1 Å². The SMILES string of the molecule is Cc1ccc(F)c(C2(C(=O)O)CCCC2)c1. The molecule has 0 saturated heterocycles. The average Bonchev–Trinajstić information content (AvgIpc) is 2.71. The van der Waals surface area contributed by atoms with Gasteiger partial charge < -0.3 is 5.11 Å². The first-order valence-electron chi connectivity index (χ1n) is 5.56. The Bertz CT molecular complexity index is 420. The molecule has 0 spiro atoms. The molecule has 0 aromatic heterocycles. The maximum absolute atomic E-state index is 13.8. The number of benzene rings is 1. The van der Waals surface area contributed by atoms with Gasteiger partial charge in [-0.3, -0.25) is 4.79 Å². The molecule has 2 rings (SSSR count). The lowest BCUT2D eigenvalue weighted by Crippen LogP contribution is -2.33. The Morgan fingerprint density at radius 3 is 2.56 bits per heavy atom. The van der Waals surface area contributed by atoms with Crippen LogP contribution in [0, 0.1) is 12.7 Å². The summed E-state index contributed by atoms with van der Waals surface area (Å²) >= 11 is 0. The van der Waals surface area contributed by atoms with Crippen molar-refractivity contribution < 1.29 is 14.3 Å². The first-order chi connectivity index (χ1) is 7.56. The Morgan fingerprint density at radius 1 is 1.38 bits per heavy atom. The van der Waals surface area contributed by atoms with E-state index in [0.717, 1.165) is 18.4 Å². The second-order valence-electron chi connectivity index (χ2n) is 4.58. The van der Waals surface area contributed by atoms with Crippen molar-refractivity contribution in [2.75, 3.05) is 0 Å². The smallest absolute Gasteiger partial charge is 0.314 e. The van der Waals surface area contributed by atoms with E-state index in [-0.39, 0.29) is 0 Å². The predicted molar refractivity (Wildman–Crippen MR) is 58.9 cm³/mol. The molecule has 0 bridgehead atoms. The number of aliphatic carboxylic acids is 1. The first kappa shape index (κ1) is 11.1. The lowest BCUT2D eigenvalue weighted by Gasteiger charge is -2.25. The van der Waals surface area contributed by atoms with Gasteiger partial charge in [-0.05, 0) is 25.8 Å². The number of carboxylic acids is 1. The summed E-state index contributed by atoms with van der Waals surface area (Å²) in [6.07, 6.45) is 2.81. The van der Waals surface area contributed by atoms with Crippen LogP contribution in [0.25, 0.3) is 0 Å². The van der Waals surface area contributed by atoms with Crippen LogP contribution in [0.4, 0.5) is 4.39 Å². The van der Waals surface area contributed by atoms with Crippen molar-refractivity contribution >= 4 is 5.97 Å². The van der Waals surface area contributed by atoms with Crippen molar-refractivity contribution in [3.8, 4) is 0 Å². The van der Waals surface area contributed by atoms with E-state index < -0.39 is 17.2 Å². The second-order valence-corrected chi connectivity index (χ2v) is 4.58. The molecule has 0 aliphatic heterocycles. The standard InChI is InChI=1S/C13H15FO2/c1-9-4-5-11(14)10(8-9)13(12(15)16)6-2-3-7-13/h4-5,8H,2-3,6-7H2,1H3,(H,15,16). The zero-order chi connectivity index (χ0) is 11.8. The van der Waals surface area contributed by atoms with Crippen molar-refractivity contribution in [2.45, 2.75) is 38.0 Å². The minimum absolute atomic E-state index is 0.359. The minimum Gasteiger partial charge on any atom is -0.481 e. The fourth-order valence-corrected chi connectivity index (χ4v) is 2.58. The normalized spacial score (nSPS) is 18.6. The van der Waals surface area contributed by atoms with E-state index >= 15 is 0 Å². The van der Waals surface area contributed by atoms with Crippen LogP contribution in [0.2, 0.25) is 0 Å². The third-order valence-corrected chi connectivity index (χ3v) is 3.50. The van der Waals surface area contributed by atoms with E-state index in [1.807, 2.05) is 6.92 Å². The molecule has 0 amide bonds. The number of rotatable bonds is 2. The summed E-state index contributed by atoms with van der Waals surface area (Å²) in [5.74, 6) is -1.29. The summed E-state index contributed by atoms with van der Waals surface area (Å²) in [4.78, 5) is 11.4. The highest BCUT2D eigenvalue weighted by Crippen LogP contribution is 2.42. The molecule has 0 unspecified atom stereocenters. The Hall–Kier alpha value is -1.38. The average molecular weight is 222 g/mol. The van der Waals surface area contributed by atoms with E-state index in [0.29, 0.717) is 18.4 Å². The van der Waals surface area contributed by atoms with E-state index in [4.69, 9.17) is 0 Å². The van der Waals surface area contributed by atoms with Gasteiger partial charge in [0.05, 0.1) is 5.41 Å². The van der Waals surface area contributed by atoms with Crippen molar-refractivity contribution in [2.24, 2.45) is 0 Å². The molecule has 86 valence electrons. The zero-order valence-electron chi connectivity index (χ0n) is 9.29. The van der Waals surface area contributed by atoms with Gasteiger partial charge in [0.25, 0.3) is 0 Å². The van der Waals surface area contributed by atoms with Gasteiger partial charge in [0.15, 0.2) is 0 Å². The summed E-state index contributed by atoms with van der Waals surface area (Å²) in [5.41, 5.74) is 0.275. The maximum atomic E-state index is 13.8. The molecule has 1 aliphatic carbocycles. The van der Waals surface area contributed by atoms with Gasteiger partial charge in [0.1, 0.15) is 5.82 Å². The van der Waals surface area contributed by atoms with Crippen molar-refractivity contribution in [1.29, 1.82) is 0 Å². The Labute approximate surface area is 94.1 Å². The molecule has 1 aromatic carbocycles. The van der Waals surface area contributed by atoms with Gasteiger partial charge in [-0.25, -0.2) is 4.39 Å². The Kier molecular flexibility index (Phi) is 2.70. The fraction of sp³-hybridized carbons (Fsp3) is 0.462. The van der Waals surface area contributed by atoms with Gasteiger partial charge in [0, 0.05) is 5.56 Å². The molecule has 0 atom stereocenters. The van der Waals surface area contributed by atoms with Crippen LogP contribution in [0.5, 0.6) is 0 Å². The van der Waals surface area contributed by atoms with Crippen molar-refractivity contribution in [3.05, 3.63) is 35.1 Å². The highest BCUT2D eigenvalue weighted by Gasteiger charge is 2.44. The van der Waals surface area contributed by atoms with Crippen LogP contribution >= 0.6 is 0 Å². The van der Waals surface area contributed by atoms with Crippen LogP contribution in [0.1, 0.15) is 36.8 Å². The highest BCUT2D eigenvalue weighted by atomic mass is 19.1. The van der Waals surface area contributed by atoms with Crippen LogP contribution in [0.3, 0.4) is 0 Å². The predicted octanol–water partition coefficient (Wildman–Crippen LogP) is 3.03. The highest BCUT2D eigenvalue weighted by molar-refractivity contribution is 5.82. The number of hydrogen-bond donors (Lipinski definition) is 1. The molecule has 1 fully saturated rings. The monoisotopic (exact) mass is 222 g/mol. The topological polar surface area (TPSA) is 37.3 Å². The fourth-order valence-electron chi connectivity index (χ4n) is 2.58. The maximum Gasteiger partial charge on any atom is 0.314 e. The van der Waals surface area contributed by atoms with Gasteiger partial charge in [-0.2, -0.15) is 0 Å². The number of carboxylic acid groups (broad SMARTS) is 1. The largest absolute Gasteiger partial charge is 0.481 e. The summed E-state index contributed by atoms with van der Waals surface area (Å²) in [6.45, 7) is 1.85. The third-order valence-electron chi connectivity index (χ3n) is 3.50. The van der Waals surface area contributed by atoms with Crippen LogP contribution < -0.4 is 0 Å². The molecule has 16 heavy (non-hydrogen) atoms. The summed E-state index contributed by atoms with van der Waals surface area (Å²) in [7, 11) is 0. The second kappa shape index (κ2) is 3.89. The molecule has 1 saturated carbocycles. The van der Waals surface area contributed by atoms with Gasteiger partial charge >= 0.3 is 5.97 Å². The van der Waals surface area contributed by atoms with Crippen LogP contribution in [-0.2, 0) is 10.2 Å². The lowest BCUT2D eigenvalue weighted by atomic mass is 9.78. The summed E-state index contributed by atoms with van der Waals surface area (Å²) in [5, 5.41) is 9.37. The van der Waals surface area contributed by atoms with E-state index in [1.54, 1.807) is 12.1 Å². The number of carbonyl (C=O) groups is 1. The number of halogens is 1. The lowest BCUT2D eigenvalue weighted by molar-refractivity contribution is -0.143. The first-order valence-corrected chi connectivity index (χ1v) is 5.56.